The molecule has 0 spiro atoms. The Morgan fingerprint density at radius 1 is 1.24 bits per heavy atom. The average Bonchev–Trinajstić information content (AvgIpc) is 3.39. The number of likely N-dealkylation sites (tertiary alicyclic amines) is 2. The highest BCUT2D eigenvalue weighted by atomic mass is 32.2. The largest absolute Gasteiger partial charge is 0.522 e. The molecular formula is C20H27F3N4O8S2. The van der Waals surface area contributed by atoms with E-state index >= 15 is 0 Å². The number of thiol groups is 1. The minimum atomic E-state index is -5.84. The van der Waals surface area contributed by atoms with Crippen LogP contribution in [-0.4, -0.2) is 81.2 Å². The number of halogens is 3. The molecule has 2 amide bonds. The molecule has 0 bridgehead atoms. The van der Waals surface area contributed by atoms with Gasteiger partial charge in [-0.05, 0) is 44.4 Å². The lowest BCUT2D eigenvalue weighted by Crippen LogP contribution is -2.69. The van der Waals surface area contributed by atoms with E-state index in [9.17, 15) is 32.9 Å². The molecule has 17 heteroatoms. The molecule has 3 atom stereocenters. The third-order valence-corrected chi connectivity index (χ3v) is 7.75. The summed E-state index contributed by atoms with van der Waals surface area (Å²) in [6.07, 6.45) is 1.20. The molecule has 0 unspecified atom stereocenters. The maximum atomic E-state index is 13.3. The zero-order valence-electron chi connectivity index (χ0n) is 19.8. The number of nitrogens with two attached hydrogens (primary N) is 1. The first-order chi connectivity index (χ1) is 16.8. The summed E-state index contributed by atoms with van der Waals surface area (Å²) < 4.78 is 63.0. The third kappa shape index (κ3) is 6.45. The topological polar surface area (TPSA) is 173 Å². The Hall–Kier alpha value is -2.63. The summed E-state index contributed by atoms with van der Waals surface area (Å²) in [4.78, 5) is 39.6. The first-order valence-corrected chi connectivity index (χ1v) is 12.8. The highest BCUT2D eigenvalue weighted by molar-refractivity contribution is 7.86. The monoisotopic (exact) mass is 572 g/mol. The summed E-state index contributed by atoms with van der Waals surface area (Å²) in [5.74, 6) is -0.191. The van der Waals surface area contributed by atoms with Gasteiger partial charge in [0, 0.05) is 37.0 Å². The number of hydrogen-bond donors (Lipinski definition) is 3. The van der Waals surface area contributed by atoms with Crippen LogP contribution in [-0.2, 0) is 26.3 Å². The van der Waals surface area contributed by atoms with Crippen LogP contribution in [0.2, 0.25) is 0 Å². The Labute approximate surface area is 216 Å². The van der Waals surface area contributed by atoms with Crippen molar-refractivity contribution in [2.24, 2.45) is 5.73 Å². The number of ether oxygens (including phenoxy) is 1. The van der Waals surface area contributed by atoms with Crippen molar-refractivity contribution in [3.8, 4) is 0 Å². The Kier molecular flexibility index (Phi) is 9.10. The molecule has 1 aromatic rings. The van der Waals surface area contributed by atoms with Crippen LogP contribution in [0.5, 0.6) is 0 Å². The second-order valence-corrected chi connectivity index (χ2v) is 10.9. The van der Waals surface area contributed by atoms with Crippen LogP contribution < -0.4 is 5.73 Å². The van der Waals surface area contributed by atoms with Gasteiger partial charge in [-0.3, -0.25) is 24.4 Å². The molecule has 0 radical (unpaired) electrons. The van der Waals surface area contributed by atoms with E-state index in [0.29, 0.717) is 18.7 Å². The molecule has 2 fully saturated rings. The molecule has 0 aliphatic carbocycles. The number of nitrogens with zero attached hydrogens (tertiary/aromatic N) is 3. The number of non-ortho nitro benzene ring substituents is 1. The maximum Gasteiger partial charge on any atom is 0.522 e. The highest BCUT2D eigenvalue weighted by Gasteiger charge is 2.63. The van der Waals surface area contributed by atoms with Crippen LogP contribution in [0.15, 0.2) is 24.3 Å². The lowest BCUT2D eigenvalue weighted by atomic mass is 9.79. The van der Waals surface area contributed by atoms with E-state index in [4.69, 9.17) is 23.4 Å². The molecule has 2 aliphatic heterocycles. The zero-order valence-corrected chi connectivity index (χ0v) is 21.6. The van der Waals surface area contributed by atoms with Crippen LogP contribution in [0.1, 0.15) is 32.3 Å². The number of hydrogen-bond acceptors (Lipinski definition) is 9. The minimum Gasteiger partial charge on any atom is -0.445 e. The second-order valence-electron chi connectivity index (χ2n) is 8.88. The SMILES string of the molecule is C[C@]1(N)[C@@H](S)CN(C(=O)OCc2ccc([N+](=O)[O-])cc2)[C@]1(C)C(=O)N1CCCC1.O=S(=O)(O)C(F)(F)F. The third-order valence-electron chi connectivity index (χ3n) is 6.47. The summed E-state index contributed by atoms with van der Waals surface area (Å²) in [7, 11) is -5.84. The molecule has 0 aromatic heterocycles. The van der Waals surface area contributed by atoms with Crippen molar-refractivity contribution < 1.29 is 45.4 Å². The fraction of sp³-hybridized carbons (Fsp3) is 0.600. The van der Waals surface area contributed by atoms with E-state index in [2.05, 4.69) is 12.6 Å². The van der Waals surface area contributed by atoms with Gasteiger partial charge in [0.25, 0.3) is 5.69 Å². The van der Waals surface area contributed by atoms with Crippen molar-refractivity contribution in [1.82, 2.24) is 9.80 Å². The quantitative estimate of drug-likeness (QED) is 0.161. The van der Waals surface area contributed by atoms with Gasteiger partial charge in [-0.15, -0.1) is 0 Å². The summed E-state index contributed by atoms with van der Waals surface area (Å²) >= 11 is 4.54. The number of nitro benzene ring substituents is 1. The molecule has 3 rings (SSSR count). The number of nitro groups is 1. The van der Waals surface area contributed by atoms with Crippen molar-refractivity contribution in [1.29, 1.82) is 0 Å². The number of carbonyl (C=O) groups excluding carboxylic acids is 2. The molecule has 2 aliphatic rings. The Morgan fingerprint density at radius 3 is 2.16 bits per heavy atom. The first-order valence-electron chi connectivity index (χ1n) is 10.8. The lowest BCUT2D eigenvalue weighted by molar-refractivity contribution is -0.384. The second kappa shape index (κ2) is 11.0. The fourth-order valence-corrected chi connectivity index (χ4v) is 4.34. The average molecular weight is 573 g/mol. The van der Waals surface area contributed by atoms with Crippen LogP contribution in [0.3, 0.4) is 0 Å². The lowest BCUT2D eigenvalue weighted by Gasteiger charge is -2.43. The van der Waals surface area contributed by atoms with Gasteiger partial charge in [0.05, 0.1) is 10.5 Å². The molecule has 3 N–H and O–H groups in total. The van der Waals surface area contributed by atoms with E-state index in [0.717, 1.165) is 12.8 Å². The normalized spacial score (nSPS) is 25.9. The molecule has 2 saturated heterocycles. The van der Waals surface area contributed by atoms with Gasteiger partial charge in [-0.2, -0.15) is 34.2 Å². The number of benzene rings is 1. The fourth-order valence-electron chi connectivity index (χ4n) is 3.93. The van der Waals surface area contributed by atoms with Crippen molar-refractivity contribution in [2.75, 3.05) is 19.6 Å². The van der Waals surface area contributed by atoms with E-state index in [-0.39, 0.29) is 24.7 Å². The summed E-state index contributed by atoms with van der Waals surface area (Å²) in [5, 5.41) is 10.3. The van der Waals surface area contributed by atoms with Crippen molar-refractivity contribution in [3.05, 3.63) is 39.9 Å². The van der Waals surface area contributed by atoms with E-state index in [1.165, 1.54) is 29.2 Å². The minimum absolute atomic E-state index is 0.0415. The van der Waals surface area contributed by atoms with Gasteiger partial charge < -0.3 is 15.4 Å². The smallest absolute Gasteiger partial charge is 0.445 e. The van der Waals surface area contributed by atoms with Crippen molar-refractivity contribution >= 4 is 40.4 Å². The van der Waals surface area contributed by atoms with Crippen LogP contribution in [0.25, 0.3) is 0 Å². The van der Waals surface area contributed by atoms with Gasteiger partial charge in [0.1, 0.15) is 12.1 Å². The van der Waals surface area contributed by atoms with Gasteiger partial charge in [-0.1, -0.05) is 0 Å². The molecule has 2 heterocycles. The number of carbonyl (C=O) groups is 2. The predicted molar refractivity (Wildman–Crippen MR) is 127 cm³/mol. The summed E-state index contributed by atoms with van der Waals surface area (Å²) in [6, 6.07) is 5.75. The molecule has 0 saturated carbocycles. The highest BCUT2D eigenvalue weighted by Crippen LogP contribution is 2.41. The van der Waals surface area contributed by atoms with E-state index in [1.807, 2.05) is 0 Å². The van der Waals surface area contributed by atoms with Crippen molar-refractivity contribution in [2.45, 2.75) is 55.1 Å². The van der Waals surface area contributed by atoms with Crippen LogP contribution in [0.4, 0.5) is 23.7 Å². The van der Waals surface area contributed by atoms with Gasteiger partial charge in [0.15, 0.2) is 0 Å². The Morgan fingerprint density at radius 2 is 1.73 bits per heavy atom. The van der Waals surface area contributed by atoms with Crippen LogP contribution >= 0.6 is 12.6 Å². The number of amides is 2. The summed E-state index contributed by atoms with van der Waals surface area (Å²) in [6.45, 7) is 4.82. The maximum absolute atomic E-state index is 13.3. The predicted octanol–water partition coefficient (Wildman–Crippen LogP) is 2.34. The standard InChI is InChI=1S/C19H26N4O5S.CHF3O3S/c1-18(20)15(29)11-22(19(18,2)16(24)21-9-3-4-10-21)17(25)28-12-13-5-7-14(8-6-13)23(26)27;2-1(3,4)8(5,6)7/h5-8,15,29H,3-4,9-12,20H2,1-2H3;(H,5,6,7)/t15-,18-,19+;/m0./s1. The van der Waals surface area contributed by atoms with Crippen molar-refractivity contribution in [3.63, 3.8) is 0 Å². The Balaban J connectivity index is 0.000000521. The van der Waals surface area contributed by atoms with Gasteiger partial charge in [0.2, 0.25) is 5.91 Å². The molecule has 208 valence electrons. The molecular weight excluding hydrogens is 545 g/mol. The molecule has 1 aromatic carbocycles. The molecule has 37 heavy (non-hydrogen) atoms. The summed E-state index contributed by atoms with van der Waals surface area (Å²) in [5.41, 5.74) is -0.780. The van der Waals surface area contributed by atoms with Crippen LogP contribution in [0, 0.1) is 10.1 Å². The number of rotatable bonds is 4. The molecule has 12 nitrogen and oxygen atoms in total. The first kappa shape index (κ1) is 30.6. The number of alkyl halides is 3. The van der Waals surface area contributed by atoms with E-state index < -0.39 is 43.0 Å². The Bertz CT molecular complexity index is 1130. The van der Waals surface area contributed by atoms with Gasteiger partial charge in [-0.25, -0.2) is 4.79 Å². The van der Waals surface area contributed by atoms with E-state index in [1.54, 1.807) is 18.7 Å². The van der Waals surface area contributed by atoms with Gasteiger partial charge >= 0.3 is 21.7 Å². The zero-order chi connectivity index (χ0) is 28.4.